The average Bonchev–Trinajstić information content (AvgIpc) is 3.26. The van der Waals surface area contributed by atoms with Crippen molar-refractivity contribution < 1.29 is 18.3 Å². The first-order valence-electron chi connectivity index (χ1n) is 9.36. The van der Waals surface area contributed by atoms with E-state index in [1.807, 2.05) is 17.0 Å². The van der Waals surface area contributed by atoms with Crippen molar-refractivity contribution in [1.29, 1.82) is 0 Å². The molecule has 1 fully saturated rings. The van der Waals surface area contributed by atoms with Gasteiger partial charge in [-0.3, -0.25) is 9.10 Å². The molecule has 2 aromatic rings. The Labute approximate surface area is 179 Å². The van der Waals surface area contributed by atoms with Gasteiger partial charge in [0.25, 0.3) is 10.0 Å². The maximum absolute atomic E-state index is 13.4. The smallest absolute Gasteiger partial charge is 0.268 e. The summed E-state index contributed by atoms with van der Waals surface area (Å²) in [5.74, 6) is -0.412. The van der Waals surface area contributed by atoms with Crippen LogP contribution in [-0.2, 0) is 14.8 Å². The number of fused-ring (bicyclic) bond motifs is 1. The van der Waals surface area contributed by atoms with Gasteiger partial charge in [-0.05, 0) is 36.6 Å². The van der Waals surface area contributed by atoms with Gasteiger partial charge in [-0.25, -0.2) is 8.42 Å². The molecule has 1 amide bonds. The molecule has 0 saturated carbocycles. The van der Waals surface area contributed by atoms with E-state index in [9.17, 15) is 18.3 Å². The predicted molar refractivity (Wildman–Crippen MR) is 112 cm³/mol. The molecular weight excluding hydrogens is 435 g/mol. The minimum Gasteiger partial charge on any atom is -0.505 e. The average molecular weight is 455 g/mol. The first kappa shape index (κ1) is 20.3. The second-order valence-corrected chi connectivity index (χ2v) is 9.97. The van der Waals surface area contributed by atoms with Crippen molar-refractivity contribution in [3.63, 3.8) is 0 Å². The SMILES string of the molecule is O=C1CCCN1CCC1CN(S(=O)(=O)c2cc(Cl)cc(Cl)c2O)c2ccccc21. The fourth-order valence-electron chi connectivity index (χ4n) is 4.04. The maximum atomic E-state index is 13.4. The predicted octanol–water partition coefficient (Wildman–Crippen LogP) is 4.00. The molecule has 2 aromatic carbocycles. The summed E-state index contributed by atoms with van der Waals surface area (Å²) >= 11 is 11.9. The van der Waals surface area contributed by atoms with Crippen LogP contribution in [0.5, 0.6) is 5.75 Å². The summed E-state index contributed by atoms with van der Waals surface area (Å²) in [6, 6.07) is 9.81. The van der Waals surface area contributed by atoms with Gasteiger partial charge in [0.2, 0.25) is 5.91 Å². The fraction of sp³-hybridized carbons (Fsp3) is 0.350. The van der Waals surface area contributed by atoms with E-state index in [0.717, 1.165) is 18.5 Å². The number of hydrogen-bond acceptors (Lipinski definition) is 4. The molecule has 1 atom stereocenters. The summed E-state index contributed by atoms with van der Waals surface area (Å²) in [6.07, 6.45) is 2.11. The van der Waals surface area contributed by atoms with E-state index in [-0.39, 0.29) is 33.3 Å². The molecule has 0 aromatic heterocycles. The summed E-state index contributed by atoms with van der Waals surface area (Å²) < 4.78 is 28.0. The largest absolute Gasteiger partial charge is 0.505 e. The van der Waals surface area contributed by atoms with Crippen LogP contribution in [0.25, 0.3) is 0 Å². The molecule has 0 radical (unpaired) electrons. The topological polar surface area (TPSA) is 77.9 Å². The van der Waals surface area contributed by atoms with Crippen LogP contribution < -0.4 is 4.31 Å². The third-order valence-electron chi connectivity index (χ3n) is 5.51. The van der Waals surface area contributed by atoms with Gasteiger partial charge >= 0.3 is 0 Å². The monoisotopic (exact) mass is 454 g/mol. The third-order valence-corrected chi connectivity index (χ3v) is 7.81. The number of phenolic OH excluding ortho intramolecular Hbond substituents is 1. The van der Waals surface area contributed by atoms with Crippen molar-refractivity contribution in [2.75, 3.05) is 23.9 Å². The van der Waals surface area contributed by atoms with E-state index in [4.69, 9.17) is 23.2 Å². The Morgan fingerprint density at radius 3 is 2.66 bits per heavy atom. The number of para-hydroxylation sites is 1. The molecule has 1 unspecified atom stereocenters. The first-order chi connectivity index (χ1) is 13.8. The van der Waals surface area contributed by atoms with Crippen molar-refractivity contribution in [3.8, 4) is 5.75 Å². The van der Waals surface area contributed by atoms with Crippen molar-refractivity contribution in [1.82, 2.24) is 4.90 Å². The van der Waals surface area contributed by atoms with E-state index in [0.29, 0.717) is 25.1 Å². The molecule has 2 aliphatic rings. The van der Waals surface area contributed by atoms with Crippen LogP contribution in [0.1, 0.15) is 30.7 Å². The summed E-state index contributed by atoms with van der Waals surface area (Å²) in [5, 5.41) is 10.3. The lowest BCUT2D eigenvalue weighted by atomic mass is 9.98. The molecule has 1 saturated heterocycles. The molecule has 2 heterocycles. The lowest BCUT2D eigenvalue weighted by molar-refractivity contribution is -0.127. The Balaban J connectivity index is 1.66. The second kappa shape index (κ2) is 7.70. The van der Waals surface area contributed by atoms with E-state index in [1.54, 1.807) is 12.1 Å². The van der Waals surface area contributed by atoms with Crippen LogP contribution in [0.2, 0.25) is 10.0 Å². The fourth-order valence-corrected chi connectivity index (χ4v) is 6.32. The van der Waals surface area contributed by atoms with Crippen molar-refractivity contribution >= 4 is 44.8 Å². The zero-order valence-corrected chi connectivity index (χ0v) is 17.8. The lowest BCUT2D eigenvalue weighted by Crippen LogP contribution is -2.31. The van der Waals surface area contributed by atoms with Gasteiger partial charge in [0.15, 0.2) is 5.75 Å². The second-order valence-electron chi connectivity index (χ2n) is 7.30. The number of sulfonamides is 1. The van der Waals surface area contributed by atoms with Crippen LogP contribution in [0.3, 0.4) is 0 Å². The summed E-state index contributed by atoms with van der Waals surface area (Å²) in [4.78, 5) is 13.4. The Morgan fingerprint density at radius 1 is 1.17 bits per heavy atom. The molecular formula is C20H20Cl2N2O4S. The van der Waals surface area contributed by atoms with E-state index in [1.165, 1.54) is 16.4 Å². The molecule has 0 aliphatic carbocycles. The molecule has 9 heteroatoms. The normalized spacial score (nSPS) is 19.1. The van der Waals surface area contributed by atoms with Crippen molar-refractivity contribution in [3.05, 3.63) is 52.0 Å². The summed E-state index contributed by atoms with van der Waals surface area (Å²) in [6.45, 7) is 1.58. The Morgan fingerprint density at radius 2 is 1.93 bits per heavy atom. The van der Waals surface area contributed by atoms with E-state index in [2.05, 4.69) is 0 Å². The number of phenols is 1. The summed E-state index contributed by atoms with van der Waals surface area (Å²) in [5.41, 5.74) is 1.48. The third kappa shape index (κ3) is 3.67. The van der Waals surface area contributed by atoms with Crippen LogP contribution in [0.4, 0.5) is 5.69 Å². The Hall–Kier alpha value is -1.96. The quantitative estimate of drug-likeness (QED) is 0.740. The highest BCUT2D eigenvalue weighted by Gasteiger charge is 2.38. The van der Waals surface area contributed by atoms with Gasteiger partial charge in [0.1, 0.15) is 4.90 Å². The number of halogens is 2. The number of hydrogen-bond donors (Lipinski definition) is 1. The van der Waals surface area contributed by atoms with Crippen LogP contribution >= 0.6 is 23.2 Å². The Bertz CT molecular complexity index is 1070. The molecule has 2 aliphatic heterocycles. The molecule has 0 bridgehead atoms. The van der Waals surface area contributed by atoms with Crippen LogP contribution in [0.15, 0.2) is 41.3 Å². The molecule has 29 heavy (non-hydrogen) atoms. The number of rotatable bonds is 5. The number of carbonyl (C=O) groups excluding carboxylic acids is 1. The van der Waals surface area contributed by atoms with E-state index < -0.39 is 15.8 Å². The molecule has 6 nitrogen and oxygen atoms in total. The van der Waals surface area contributed by atoms with Gasteiger partial charge in [-0.1, -0.05) is 41.4 Å². The number of aromatic hydroxyl groups is 1. The van der Waals surface area contributed by atoms with Crippen LogP contribution in [-0.4, -0.2) is 44.0 Å². The zero-order chi connectivity index (χ0) is 20.8. The Kier molecular flexibility index (Phi) is 5.40. The highest BCUT2D eigenvalue weighted by molar-refractivity contribution is 7.93. The van der Waals surface area contributed by atoms with Gasteiger partial charge in [-0.15, -0.1) is 0 Å². The van der Waals surface area contributed by atoms with Crippen LogP contribution in [0, 0.1) is 0 Å². The summed E-state index contributed by atoms with van der Waals surface area (Å²) in [7, 11) is -4.07. The molecule has 4 rings (SSSR count). The van der Waals surface area contributed by atoms with Gasteiger partial charge in [0, 0.05) is 37.0 Å². The lowest BCUT2D eigenvalue weighted by Gasteiger charge is -2.22. The number of likely N-dealkylation sites (tertiary alicyclic amines) is 1. The number of carbonyl (C=O) groups is 1. The highest BCUT2D eigenvalue weighted by atomic mass is 35.5. The number of benzene rings is 2. The number of nitrogens with zero attached hydrogens (tertiary/aromatic N) is 2. The highest BCUT2D eigenvalue weighted by Crippen LogP contribution is 2.44. The van der Waals surface area contributed by atoms with Gasteiger partial charge < -0.3 is 10.0 Å². The minimum absolute atomic E-state index is 0.0498. The molecule has 154 valence electrons. The zero-order valence-electron chi connectivity index (χ0n) is 15.5. The van der Waals surface area contributed by atoms with Gasteiger partial charge in [0.05, 0.1) is 10.7 Å². The molecule has 0 spiro atoms. The van der Waals surface area contributed by atoms with E-state index >= 15 is 0 Å². The minimum atomic E-state index is -4.07. The standard InChI is InChI=1S/C20H20Cl2N2O4S/c21-14-10-16(22)20(26)18(11-14)29(27,28)24-12-13(15-4-1-2-5-17(15)24)7-9-23-8-3-6-19(23)25/h1-2,4-5,10-11,13,26H,3,6-9,12H2. The number of amides is 1. The maximum Gasteiger partial charge on any atom is 0.268 e. The van der Waals surface area contributed by atoms with Crippen molar-refractivity contribution in [2.45, 2.75) is 30.1 Å². The number of anilines is 1. The van der Waals surface area contributed by atoms with Crippen molar-refractivity contribution in [2.24, 2.45) is 0 Å². The first-order valence-corrected chi connectivity index (χ1v) is 11.6. The molecule has 1 N–H and O–H groups in total. The van der Waals surface area contributed by atoms with Gasteiger partial charge in [-0.2, -0.15) is 0 Å².